The van der Waals surface area contributed by atoms with Gasteiger partial charge in [0.25, 0.3) is 0 Å². The molecule has 1 unspecified atom stereocenters. The summed E-state index contributed by atoms with van der Waals surface area (Å²) in [5, 5.41) is 12.0. The summed E-state index contributed by atoms with van der Waals surface area (Å²) in [4.78, 5) is 31.1. The second kappa shape index (κ2) is 7.53. The molecular weight excluding hydrogens is 344 g/mol. The third-order valence-electron chi connectivity index (χ3n) is 3.71. The first-order valence-electron chi connectivity index (χ1n) is 7.83. The highest BCUT2D eigenvalue weighted by Gasteiger charge is 2.38. The van der Waals surface area contributed by atoms with Gasteiger partial charge in [-0.05, 0) is 19.8 Å². The summed E-state index contributed by atoms with van der Waals surface area (Å²) >= 11 is 2.78. The van der Waals surface area contributed by atoms with Crippen molar-refractivity contribution in [3.8, 4) is 6.07 Å². The van der Waals surface area contributed by atoms with Crippen LogP contribution in [-0.2, 0) is 9.59 Å². The topological polar surface area (TPSA) is 86.1 Å². The number of nitriles is 1. The quantitative estimate of drug-likeness (QED) is 0.828. The van der Waals surface area contributed by atoms with Crippen LogP contribution < -0.4 is 5.32 Å². The Balaban J connectivity index is 2.06. The molecule has 24 heavy (non-hydrogen) atoms. The molecule has 1 aromatic heterocycles. The Bertz CT molecular complexity index is 673. The number of rotatable bonds is 4. The second-order valence-electron chi connectivity index (χ2n) is 6.73. The zero-order valence-electron chi connectivity index (χ0n) is 14.4. The Morgan fingerprint density at radius 1 is 1.50 bits per heavy atom. The number of nitrogens with one attached hydrogen (secondary N) is 1. The molecule has 6 nitrogen and oxygen atoms in total. The highest BCUT2D eigenvalue weighted by atomic mass is 32.2. The molecular formula is C16H22N4O2S2. The first kappa shape index (κ1) is 18.7. The maximum Gasteiger partial charge on any atom is 0.248 e. The predicted octanol–water partition coefficient (Wildman–Crippen LogP) is 3.04. The minimum absolute atomic E-state index is 0.000680. The number of thiazole rings is 1. The molecule has 0 spiro atoms. The van der Waals surface area contributed by atoms with Crippen molar-refractivity contribution in [3.63, 3.8) is 0 Å². The van der Waals surface area contributed by atoms with E-state index < -0.39 is 11.5 Å². The molecule has 2 rings (SSSR count). The molecule has 0 radical (unpaired) electrons. The normalized spacial score (nSPS) is 17.6. The maximum atomic E-state index is 12.6. The van der Waals surface area contributed by atoms with Gasteiger partial charge in [-0.2, -0.15) is 5.26 Å². The summed E-state index contributed by atoms with van der Waals surface area (Å²) in [6.07, 6.45) is 1.51. The average molecular weight is 367 g/mol. The fraction of sp³-hybridized carbons (Fsp3) is 0.625. The van der Waals surface area contributed by atoms with Crippen LogP contribution in [0.1, 0.15) is 39.3 Å². The lowest BCUT2D eigenvalue weighted by atomic mass is 9.94. The minimum Gasteiger partial charge on any atom is -0.330 e. The first-order valence-corrected chi connectivity index (χ1v) is 9.63. The zero-order chi connectivity index (χ0) is 17.9. The molecule has 130 valence electrons. The van der Waals surface area contributed by atoms with Crippen molar-refractivity contribution in [2.75, 3.05) is 17.6 Å². The molecule has 1 N–H and O–H groups in total. The number of hydrogen-bond acceptors (Lipinski definition) is 6. The third kappa shape index (κ3) is 4.28. The number of anilines is 1. The molecule has 1 saturated heterocycles. The van der Waals surface area contributed by atoms with Gasteiger partial charge in [-0.3, -0.25) is 9.59 Å². The van der Waals surface area contributed by atoms with E-state index in [1.54, 1.807) is 4.90 Å². The lowest BCUT2D eigenvalue weighted by Gasteiger charge is -2.30. The number of thioether (sulfide) groups is 1. The summed E-state index contributed by atoms with van der Waals surface area (Å²) in [6.45, 7) is 8.08. The summed E-state index contributed by atoms with van der Waals surface area (Å²) in [6, 6.07) is 1.65. The van der Waals surface area contributed by atoms with E-state index in [4.69, 9.17) is 5.26 Å². The van der Waals surface area contributed by atoms with Gasteiger partial charge in [0.15, 0.2) is 5.13 Å². The van der Waals surface area contributed by atoms with E-state index in [-0.39, 0.29) is 11.8 Å². The van der Waals surface area contributed by atoms with Gasteiger partial charge in [-0.15, -0.1) is 0 Å². The molecule has 0 saturated carbocycles. The van der Waals surface area contributed by atoms with Gasteiger partial charge in [-0.1, -0.05) is 43.9 Å². The van der Waals surface area contributed by atoms with Crippen LogP contribution in [-0.4, -0.2) is 40.0 Å². The van der Waals surface area contributed by atoms with Crippen LogP contribution in [0.3, 0.4) is 0 Å². The fourth-order valence-electron chi connectivity index (χ4n) is 2.57. The van der Waals surface area contributed by atoms with Crippen LogP contribution in [0.4, 0.5) is 5.13 Å². The summed E-state index contributed by atoms with van der Waals surface area (Å²) in [5.74, 6) is 0.170. The lowest BCUT2D eigenvalue weighted by Crippen LogP contribution is -2.47. The van der Waals surface area contributed by atoms with Crippen molar-refractivity contribution in [3.05, 3.63) is 5.69 Å². The van der Waals surface area contributed by atoms with Gasteiger partial charge in [0.2, 0.25) is 11.8 Å². The van der Waals surface area contributed by atoms with E-state index in [9.17, 15) is 9.59 Å². The van der Waals surface area contributed by atoms with E-state index in [1.807, 2.05) is 27.7 Å². The van der Waals surface area contributed by atoms with Gasteiger partial charge >= 0.3 is 0 Å². The van der Waals surface area contributed by atoms with E-state index in [2.05, 4.69) is 16.4 Å². The monoisotopic (exact) mass is 366 g/mol. The van der Waals surface area contributed by atoms with Crippen molar-refractivity contribution >= 4 is 40.0 Å². The molecule has 1 fully saturated rings. The Morgan fingerprint density at radius 2 is 2.21 bits per heavy atom. The van der Waals surface area contributed by atoms with Crippen molar-refractivity contribution < 1.29 is 9.59 Å². The Morgan fingerprint density at radius 3 is 2.83 bits per heavy atom. The molecule has 1 aliphatic heterocycles. The standard InChI is InChI=1S/C16H22N4O2S2/c1-10-13(23-9-7-17)24-15(18-10)19-12(21)11-6-5-8-20(11)14(22)16(2,3)4/h11H,5-6,8-9H2,1-4H3,(H,18,19,21). The summed E-state index contributed by atoms with van der Waals surface area (Å²) in [5.41, 5.74) is 0.312. The van der Waals surface area contributed by atoms with Crippen molar-refractivity contribution in [2.45, 2.75) is 50.8 Å². The zero-order valence-corrected chi connectivity index (χ0v) is 16.0. The van der Waals surface area contributed by atoms with Gasteiger partial charge in [0, 0.05) is 12.0 Å². The smallest absolute Gasteiger partial charge is 0.248 e. The molecule has 2 amide bonds. The number of nitrogens with zero attached hydrogens (tertiary/aromatic N) is 3. The van der Waals surface area contributed by atoms with Crippen LogP contribution >= 0.6 is 23.1 Å². The largest absolute Gasteiger partial charge is 0.330 e. The molecule has 1 aliphatic rings. The molecule has 2 heterocycles. The Kier molecular flexibility index (Phi) is 5.88. The molecule has 1 atom stereocenters. The van der Waals surface area contributed by atoms with Crippen LogP contribution in [0.5, 0.6) is 0 Å². The second-order valence-corrected chi connectivity index (χ2v) is 8.98. The van der Waals surface area contributed by atoms with Crippen LogP contribution in [0.2, 0.25) is 0 Å². The van der Waals surface area contributed by atoms with Crippen molar-refractivity contribution in [1.82, 2.24) is 9.88 Å². The van der Waals surface area contributed by atoms with Gasteiger partial charge < -0.3 is 10.2 Å². The van der Waals surface area contributed by atoms with Crippen LogP contribution in [0, 0.1) is 23.7 Å². The molecule has 0 aromatic carbocycles. The highest BCUT2D eigenvalue weighted by molar-refractivity contribution is 8.01. The van der Waals surface area contributed by atoms with Gasteiger partial charge in [-0.25, -0.2) is 4.98 Å². The number of aryl methyl sites for hydroxylation is 1. The van der Waals surface area contributed by atoms with Crippen molar-refractivity contribution in [2.24, 2.45) is 5.41 Å². The summed E-state index contributed by atoms with van der Waals surface area (Å²) in [7, 11) is 0. The maximum absolute atomic E-state index is 12.6. The fourth-order valence-corrected chi connectivity index (χ4v) is 4.37. The average Bonchev–Trinajstić information content (AvgIpc) is 3.10. The molecule has 0 bridgehead atoms. The Labute approximate surface area is 150 Å². The van der Waals surface area contributed by atoms with Gasteiger partial charge in [0.05, 0.1) is 21.7 Å². The van der Waals surface area contributed by atoms with Crippen LogP contribution in [0.25, 0.3) is 0 Å². The number of hydrogen-bond donors (Lipinski definition) is 1. The third-order valence-corrected chi connectivity index (χ3v) is 6.01. The molecule has 8 heteroatoms. The molecule has 0 aliphatic carbocycles. The van der Waals surface area contributed by atoms with Crippen molar-refractivity contribution in [1.29, 1.82) is 5.26 Å². The number of likely N-dealkylation sites (tertiary alicyclic amines) is 1. The number of aromatic nitrogens is 1. The summed E-state index contributed by atoms with van der Waals surface area (Å²) < 4.78 is 0.931. The van der Waals surface area contributed by atoms with E-state index in [0.717, 1.165) is 16.3 Å². The SMILES string of the molecule is Cc1nc(NC(=O)C2CCCN2C(=O)C(C)(C)C)sc1SCC#N. The first-order chi connectivity index (χ1) is 11.2. The molecule has 1 aromatic rings. The lowest BCUT2D eigenvalue weighted by molar-refractivity contribution is -0.143. The number of carbonyl (C=O) groups excluding carboxylic acids is 2. The minimum atomic E-state index is -0.498. The number of amides is 2. The van der Waals surface area contributed by atoms with E-state index in [0.29, 0.717) is 23.8 Å². The highest BCUT2D eigenvalue weighted by Crippen LogP contribution is 2.32. The number of carbonyl (C=O) groups is 2. The van der Waals surface area contributed by atoms with E-state index in [1.165, 1.54) is 23.1 Å². The van der Waals surface area contributed by atoms with E-state index >= 15 is 0 Å². The van der Waals surface area contributed by atoms with Crippen LogP contribution in [0.15, 0.2) is 4.21 Å². The predicted molar refractivity (Wildman–Crippen MR) is 96.0 cm³/mol. The Hall–Kier alpha value is -1.59. The van der Waals surface area contributed by atoms with Gasteiger partial charge in [0.1, 0.15) is 6.04 Å².